The Hall–Kier alpha value is -1.36. The van der Waals surface area contributed by atoms with E-state index in [2.05, 4.69) is 31.2 Å². The second-order valence-electron chi connectivity index (χ2n) is 6.48. The molecule has 0 amide bonds. The maximum absolute atomic E-state index is 12.1. The molecule has 0 spiro atoms. The summed E-state index contributed by atoms with van der Waals surface area (Å²) in [6.45, 7) is 10.2. The van der Waals surface area contributed by atoms with Gasteiger partial charge in [-0.2, -0.15) is 5.10 Å². The molecule has 2 atom stereocenters. The zero-order chi connectivity index (χ0) is 14.9. The summed E-state index contributed by atoms with van der Waals surface area (Å²) in [4.78, 5) is 12.1. The Balaban J connectivity index is 2.33. The van der Waals surface area contributed by atoms with Crippen LogP contribution in [0.4, 0.5) is 0 Å². The predicted molar refractivity (Wildman–Crippen MR) is 77.6 cm³/mol. The minimum Gasteiger partial charge on any atom is -0.466 e. The van der Waals surface area contributed by atoms with E-state index in [9.17, 15) is 4.79 Å². The van der Waals surface area contributed by atoms with Crippen molar-refractivity contribution >= 4 is 5.97 Å². The Morgan fingerprint density at radius 2 is 2.20 bits per heavy atom. The highest BCUT2D eigenvalue weighted by atomic mass is 16.5. The van der Waals surface area contributed by atoms with Crippen LogP contribution in [0.25, 0.3) is 0 Å². The topological polar surface area (TPSA) is 56.1 Å². The van der Waals surface area contributed by atoms with E-state index >= 15 is 0 Å². The highest BCUT2D eigenvalue weighted by Crippen LogP contribution is 2.35. The molecule has 1 aliphatic rings. The monoisotopic (exact) mass is 279 g/mol. The number of nitrogens with zero attached hydrogens (tertiary/aromatic N) is 2. The van der Waals surface area contributed by atoms with Crippen LogP contribution >= 0.6 is 0 Å². The van der Waals surface area contributed by atoms with Crippen LogP contribution in [0, 0.1) is 5.92 Å². The van der Waals surface area contributed by atoms with Crippen molar-refractivity contribution in [2.75, 3.05) is 19.7 Å². The lowest BCUT2D eigenvalue weighted by molar-refractivity contribution is -0.147. The summed E-state index contributed by atoms with van der Waals surface area (Å²) in [5, 5.41) is 7.91. The highest BCUT2D eigenvalue weighted by Gasteiger charge is 2.38. The Morgan fingerprint density at radius 1 is 1.50 bits per heavy atom. The largest absolute Gasteiger partial charge is 0.466 e. The molecule has 1 fully saturated rings. The molecule has 0 radical (unpaired) electrons. The number of ether oxygens (including phenoxy) is 1. The van der Waals surface area contributed by atoms with E-state index in [4.69, 9.17) is 4.74 Å². The van der Waals surface area contributed by atoms with Crippen LogP contribution in [-0.4, -0.2) is 35.4 Å². The maximum atomic E-state index is 12.1. The zero-order valence-corrected chi connectivity index (χ0v) is 13.1. The van der Waals surface area contributed by atoms with Crippen LogP contribution in [-0.2, 0) is 22.0 Å². The average Bonchev–Trinajstić information content (AvgIpc) is 2.93. The van der Waals surface area contributed by atoms with Gasteiger partial charge in [0.05, 0.1) is 18.2 Å². The molecule has 2 heterocycles. The maximum Gasteiger partial charge on any atom is 0.310 e. The van der Waals surface area contributed by atoms with Gasteiger partial charge in [-0.15, -0.1) is 0 Å². The lowest BCUT2D eigenvalue weighted by Crippen LogP contribution is -2.25. The fourth-order valence-corrected chi connectivity index (χ4v) is 2.86. The van der Waals surface area contributed by atoms with Crippen LogP contribution in [0.15, 0.2) is 6.20 Å². The average molecular weight is 279 g/mol. The third kappa shape index (κ3) is 2.87. The van der Waals surface area contributed by atoms with E-state index in [1.807, 2.05) is 24.9 Å². The third-order valence-corrected chi connectivity index (χ3v) is 3.77. The standard InChI is InChI=1S/C15H25N3O2/c1-6-20-14(19)11-8-16-7-10(11)12-9-18(5)17-13(12)15(2,3)4/h9-11,16H,6-8H2,1-5H3. The number of esters is 1. The molecule has 1 aromatic heterocycles. The van der Waals surface area contributed by atoms with E-state index in [0.717, 1.165) is 12.2 Å². The van der Waals surface area contributed by atoms with Gasteiger partial charge >= 0.3 is 5.97 Å². The van der Waals surface area contributed by atoms with Crippen molar-refractivity contribution in [3.63, 3.8) is 0 Å². The first-order valence-corrected chi connectivity index (χ1v) is 7.26. The van der Waals surface area contributed by atoms with E-state index in [-0.39, 0.29) is 23.2 Å². The van der Waals surface area contributed by atoms with Gasteiger partial charge in [0, 0.05) is 37.7 Å². The molecule has 0 aromatic carbocycles. The van der Waals surface area contributed by atoms with Crippen molar-refractivity contribution in [3.8, 4) is 0 Å². The van der Waals surface area contributed by atoms with Gasteiger partial charge in [-0.1, -0.05) is 20.8 Å². The van der Waals surface area contributed by atoms with E-state index in [1.165, 1.54) is 5.56 Å². The Bertz CT molecular complexity index is 488. The molecule has 0 aliphatic carbocycles. The summed E-state index contributed by atoms with van der Waals surface area (Å²) in [6.07, 6.45) is 2.05. The highest BCUT2D eigenvalue weighted by molar-refractivity contribution is 5.74. The lowest BCUT2D eigenvalue weighted by atomic mass is 9.82. The summed E-state index contributed by atoms with van der Waals surface area (Å²) in [6, 6.07) is 0. The fourth-order valence-electron chi connectivity index (χ4n) is 2.86. The molecule has 5 heteroatoms. The summed E-state index contributed by atoms with van der Waals surface area (Å²) < 4.78 is 7.05. The second kappa shape index (κ2) is 5.56. The molecule has 0 saturated carbocycles. The quantitative estimate of drug-likeness (QED) is 0.854. The van der Waals surface area contributed by atoms with Gasteiger partial charge in [-0.25, -0.2) is 0 Å². The van der Waals surface area contributed by atoms with Gasteiger partial charge < -0.3 is 10.1 Å². The third-order valence-electron chi connectivity index (χ3n) is 3.77. The van der Waals surface area contributed by atoms with Gasteiger partial charge in [0.15, 0.2) is 0 Å². The molecular formula is C15H25N3O2. The SMILES string of the molecule is CCOC(=O)C1CNCC1c1cn(C)nc1C(C)(C)C. The number of hydrogen-bond acceptors (Lipinski definition) is 4. The molecule has 1 saturated heterocycles. The number of carbonyl (C=O) groups excluding carboxylic acids is 1. The van der Waals surface area contributed by atoms with Crippen LogP contribution in [0.3, 0.4) is 0 Å². The Kier molecular flexibility index (Phi) is 4.18. The van der Waals surface area contributed by atoms with Crippen molar-refractivity contribution < 1.29 is 9.53 Å². The Labute approximate surface area is 120 Å². The van der Waals surface area contributed by atoms with Crippen molar-refractivity contribution in [2.24, 2.45) is 13.0 Å². The first-order valence-electron chi connectivity index (χ1n) is 7.26. The molecule has 2 rings (SSSR count). The smallest absolute Gasteiger partial charge is 0.310 e. The van der Waals surface area contributed by atoms with Crippen LogP contribution < -0.4 is 5.32 Å². The van der Waals surface area contributed by atoms with Crippen molar-refractivity contribution in [2.45, 2.75) is 39.0 Å². The van der Waals surface area contributed by atoms with Gasteiger partial charge in [-0.05, 0) is 12.5 Å². The van der Waals surface area contributed by atoms with E-state index < -0.39 is 0 Å². The predicted octanol–water partition coefficient (Wildman–Crippen LogP) is 1.58. The molecule has 1 N–H and O–H groups in total. The van der Waals surface area contributed by atoms with E-state index in [1.54, 1.807) is 0 Å². The van der Waals surface area contributed by atoms with Crippen molar-refractivity contribution in [1.29, 1.82) is 0 Å². The van der Waals surface area contributed by atoms with Gasteiger partial charge in [0.2, 0.25) is 0 Å². The van der Waals surface area contributed by atoms with Gasteiger partial charge in [-0.3, -0.25) is 9.48 Å². The molecule has 1 aromatic rings. The van der Waals surface area contributed by atoms with E-state index in [0.29, 0.717) is 13.2 Å². The lowest BCUT2D eigenvalue weighted by Gasteiger charge is -2.22. The summed E-state index contributed by atoms with van der Waals surface area (Å²) in [5.74, 6) is -0.0663. The number of nitrogens with one attached hydrogen (secondary N) is 1. The molecule has 0 bridgehead atoms. The summed E-state index contributed by atoms with van der Waals surface area (Å²) >= 11 is 0. The van der Waals surface area contributed by atoms with Crippen LogP contribution in [0.1, 0.15) is 44.9 Å². The van der Waals surface area contributed by atoms with Crippen molar-refractivity contribution in [3.05, 3.63) is 17.5 Å². The molecule has 2 unspecified atom stereocenters. The number of carbonyl (C=O) groups is 1. The van der Waals surface area contributed by atoms with Crippen molar-refractivity contribution in [1.82, 2.24) is 15.1 Å². The molecule has 5 nitrogen and oxygen atoms in total. The molecular weight excluding hydrogens is 254 g/mol. The first-order chi connectivity index (χ1) is 9.34. The minimum atomic E-state index is -0.111. The van der Waals surface area contributed by atoms with Gasteiger partial charge in [0.25, 0.3) is 0 Å². The zero-order valence-electron chi connectivity index (χ0n) is 13.1. The molecule has 1 aliphatic heterocycles. The number of rotatable bonds is 3. The van der Waals surface area contributed by atoms with Crippen LogP contribution in [0.2, 0.25) is 0 Å². The number of aryl methyl sites for hydroxylation is 1. The minimum absolute atomic E-state index is 0.0294. The van der Waals surface area contributed by atoms with Crippen LogP contribution in [0.5, 0.6) is 0 Å². The fraction of sp³-hybridized carbons (Fsp3) is 0.733. The molecule has 20 heavy (non-hydrogen) atoms. The van der Waals surface area contributed by atoms with Gasteiger partial charge in [0.1, 0.15) is 0 Å². The summed E-state index contributed by atoms with van der Waals surface area (Å²) in [7, 11) is 1.93. The number of hydrogen-bond donors (Lipinski definition) is 1. The number of aromatic nitrogens is 2. The first kappa shape index (κ1) is 15.0. The molecule has 112 valence electrons. The Morgan fingerprint density at radius 3 is 2.80 bits per heavy atom. The second-order valence-corrected chi connectivity index (χ2v) is 6.48. The normalized spacial score (nSPS) is 23.1. The summed E-state index contributed by atoms with van der Waals surface area (Å²) in [5.41, 5.74) is 2.21.